The van der Waals surface area contributed by atoms with E-state index in [0.717, 1.165) is 70.2 Å². The van der Waals surface area contributed by atoms with Gasteiger partial charge in [0.1, 0.15) is 12.7 Å². The summed E-state index contributed by atoms with van der Waals surface area (Å²) in [4.78, 5) is 41.6. The van der Waals surface area contributed by atoms with Crippen LogP contribution in [0.2, 0.25) is 0 Å². The van der Waals surface area contributed by atoms with E-state index >= 15 is 0 Å². The Hall–Kier alpha value is -2.13. The number of aliphatic hydroxyl groups is 1. The van der Waals surface area contributed by atoms with Crippen LogP contribution in [-0.2, 0) is 19.1 Å². The van der Waals surface area contributed by atoms with Crippen molar-refractivity contribution < 1.29 is 29.0 Å². The molecule has 9 heteroatoms. The number of ether oxygens (including phenoxy) is 2. The highest BCUT2D eigenvalue weighted by Gasteiger charge is 2.71. The average Bonchev–Trinajstić information content (AvgIpc) is 3.66. The van der Waals surface area contributed by atoms with Crippen molar-refractivity contribution >= 4 is 18.0 Å². The summed E-state index contributed by atoms with van der Waals surface area (Å²) in [7, 11) is 1.96. The normalized spacial score (nSPS) is 43.1. The highest BCUT2D eigenvalue weighted by Crippen LogP contribution is 2.70. The summed E-state index contributed by atoms with van der Waals surface area (Å²) in [5.74, 6) is 0.0724. The van der Waals surface area contributed by atoms with Crippen molar-refractivity contribution in [1.29, 1.82) is 0 Å². The van der Waals surface area contributed by atoms with Gasteiger partial charge in [0, 0.05) is 56.9 Å². The standard InChI is InChI=1S/C33H51N3O6/c1-21(37)42-27-19-33(40)26-8-7-23-18-24(35(4)30(39)34-13-16-36-14-5-6-15-36)9-11-31(23,2)25(26)10-12-32(33,3)29(27)22-17-28(38)41-20-22/h17,23-27,29,40H,5-16,18-20H2,1-4H3,(H,34,39)/t23-,24-,25-,26-,27-,29+,31-,32-,33-/m1/s1. The van der Waals surface area contributed by atoms with E-state index in [9.17, 15) is 19.5 Å². The number of urea groups is 1. The molecule has 0 unspecified atom stereocenters. The van der Waals surface area contributed by atoms with E-state index in [4.69, 9.17) is 9.47 Å². The quantitative estimate of drug-likeness (QED) is 0.456. The molecular formula is C33H51N3O6. The van der Waals surface area contributed by atoms with Gasteiger partial charge in [-0.1, -0.05) is 13.8 Å². The minimum Gasteiger partial charge on any atom is -0.462 e. The van der Waals surface area contributed by atoms with Gasteiger partial charge in [-0.3, -0.25) is 4.79 Å². The monoisotopic (exact) mass is 585 g/mol. The van der Waals surface area contributed by atoms with Gasteiger partial charge in [0.25, 0.3) is 0 Å². The van der Waals surface area contributed by atoms with E-state index < -0.39 is 17.1 Å². The van der Waals surface area contributed by atoms with Crippen LogP contribution >= 0.6 is 0 Å². The zero-order valence-electron chi connectivity index (χ0n) is 26.0. The lowest BCUT2D eigenvalue weighted by atomic mass is 9.43. The van der Waals surface area contributed by atoms with Crippen molar-refractivity contribution in [2.24, 2.45) is 34.5 Å². The van der Waals surface area contributed by atoms with Gasteiger partial charge in [0.15, 0.2) is 0 Å². The smallest absolute Gasteiger partial charge is 0.331 e. The van der Waals surface area contributed by atoms with Crippen LogP contribution < -0.4 is 5.32 Å². The van der Waals surface area contributed by atoms with Crippen LogP contribution in [-0.4, -0.2) is 90.5 Å². The van der Waals surface area contributed by atoms with Crippen LogP contribution in [0.25, 0.3) is 0 Å². The Bertz CT molecular complexity index is 1120. The minimum atomic E-state index is -0.982. The second-order valence-electron chi connectivity index (χ2n) is 14.8. The number of carbonyl (C=O) groups is 3. The Balaban J connectivity index is 1.15. The van der Waals surface area contributed by atoms with E-state index in [1.54, 1.807) is 6.08 Å². The van der Waals surface area contributed by atoms with Gasteiger partial charge in [0.05, 0.1) is 5.60 Å². The van der Waals surface area contributed by atoms with Crippen molar-refractivity contribution in [3.63, 3.8) is 0 Å². The molecule has 2 N–H and O–H groups in total. The van der Waals surface area contributed by atoms with Crippen molar-refractivity contribution in [2.75, 3.05) is 39.8 Å². The van der Waals surface area contributed by atoms with Crippen molar-refractivity contribution in [2.45, 2.75) is 103 Å². The molecule has 0 spiro atoms. The Morgan fingerprint density at radius 1 is 1.14 bits per heavy atom. The molecule has 1 saturated heterocycles. The summed E-state index contributed by atoms with van der Waals surface area (Å²) >= 11 is 0. The second kappa shape index (κ2) is 11.1. The molecule has 2 aliphatic heterocycles. The van der Waals surface area contributed by atoms with Gasteiger partial charge < -0.3 is 29.7 Å². The fourth-order valence-electron chi connectivity index (χ4n) is 10.7. The van der Waals surface area contributed by atoms with Crippen molar-refractivity contribution in [1.82, 2.24) is 15.1 Å². The summed E-state index contributed by atoms with van der Waals surface area (Å²) in [6.45, 7) is 10.1. The maximum Gasteiger partial charge on any atom is 0.331 e. The summed E-state index contributed by atoms with van der Waals surface area (Å²) in [6.07, 6.45) is 10.9. The third kappa shape index (κ3) is 4.86. The van der Waals surface area contributed by atoms with Gasteiger partial charge in [-0.05, 0) is 99.6 Å². The zero-order chi connectivity index (χ0) is 29.9. The molecule has 0 aromatic carbocycles. The Labute approximate surface area is 250 Å². The molecule has 4 aliphatic carbocycles. The molecule has 5 fully saturated rings. The van der Waals surface area contributed by atoms with E-state index in [0.29, 0.717) is 24.8 Å². The third-order valence-electron chi connectivity index (χ3n) is 13.0. The van der Waals surface area contributed by atoms with Crippen LogP contribution in [0, 0.1) is 34.5 Å². The molecule has 0 aromatic heterocycles. The first-order valence-corrected chi connectivity index (χ1v) is 16.5. The topological polar surface area (TPSA) is 108 Å². The van der Waals surface area contributed by atoms with E-state index in [1.807, 2.05) is 11.9 Å². The van der Waals surface area contributed by atoms with Crippen LogP contribution in [0.15, 0.2) is 11.6 Å². The van der Waals surface area contributed by atoms with E-state index in [2.05, 4.69) is 24.1 Å². The van der Waals surface area contributed by atoms with E-state index in [-0.39, 0.29) is 47.9 Å². The van der Waals surface area contributed by atoms with Gasteiger partial charge >= 0.3 is 18.0 Å². The fraction of sp³-hybridized carbons (Fsp3) is 0.848. The van der Waals surface area contributed by atoms with Crippen molar-refractivity contribution in [3.8, 4) is 0 Å². The molecule has 2 amide bonds. The molecule has 0 bridgehead atoms. The third-order valence-corrected chi connectivity index (χ3v) is 13.0. The first-order valence-electron chi connectivity index (χ1n) is 16.5. The van der Waals surface area contributed by atoms with E-state index in [1.165, 1.54) is 19.8 Å². The fourth-order valence-corrected chi connectivity index (χ4v) is 10.7. The zero-order valence-corrected chi connectivity index (χ0v) is 26.0. The van der Waals surface area contributed by atoms with Crippen molar-refractivity contribution in [3.05, 3.63) is 11.6 Å². The molecular weight excluding hydrogens is 534 g/mol. The lowest BCUT2D eigenvalue weighted by Gasteiger charge is -2.64. The highest BCUT2D eigenvalue weighted by atomic mass is 16.5. The molecule has 4 saturated carbocycles. The molecule has 234 valence electrons. The number of nitrogens with one attached hydrogen (secondary N) is 1. The summed E-state index contributed by atoms with van der Waals surface area (Å²) in [6, 6.07) is 0.274. The first kappa shape index (κ1) is 29.9. The lowest BCUT2D eigenvalue weighted by molar-refractivity contribution is -0.206. The summed E-state index contributed by atoms with van der Waals surface area (Å²) in [5.41, 5.74) is -0.527. The van der Waals surface area contributed by atoms with Gasteiger partial charge in [-0.2, -0.15) is 0 Å². The largest absolute Gasteiger partial charge is 0.462 e. The number of hydrogen-bond donors (Lipinski definition) is 2. The highest BCUT2D eigenvalue weighted by molar-refractivity contribution is 5.85. The molecule has 2 heterocycles. The number of amides is 2. The number of esters is 2. The number of cyclic esters (lactones) is 1. The number of hydrogen-bond acceptors (Lipinski definition) is 7. The Kier molecular flexibility index (Phi) is 7.91. The molecule has 0 aromatic rings. The number of rotatable bonds is 6. The molecule has 9 nitrogen and oxygen atoms in total. The maximum absolute atomic E-state index is 13.0. The molecule has 9 atom stereocenters. The first-order chi connectivity index (χ1) is 20.0. The van der Waals surface area contributed by atoms with Crippen LogP contribution in [0.3, 0.4) is 0 Å². The predicted molar refractivity (Wildman–Crippen MR) is 157 cm³/mol. The molecule has 6 aliphatic rings. The number of nitrogens with zero attached hydrogens (tertiary/aromatic N) is 2. The number of carbonyl (C=O) groups excluding carboxylic acids is 3. The average molecular weight is 586 g/mol. The predicted octanol–water partition coefficient (Wildman–Crippen LogP) is 3.89. The number of likely N-dealkylation sites (tertiary alicyclic amines) is 1. The molecule has 0 radical (unpaired) electrons. The summed E-state index contributed by atoms with van der Waals surface area (Å²) < 4.78 is 11.2. The SMILES string of the molecule is CC(=O)O[C@@H]1C[C@@]2(O)[C@@H]3CC[C@@H]4C[C@H](N(C)C(=O)NCCN5CCCC5)CC[C@@]4(C)[C@@H]3CC[C@]2(C)[C@H]1C1=CC(=O)OC1. The second-order valence-corrected chi connectivity index (χ2v) is 14.8. The molecule has 6 rings (SSSR count). The van der Waals surface area contributed by atoms with Crippen LogP contribution in [0.5, 0.6) is 0 Å². The number of fused-ring (bicyclic) bond motifs is 5. The van der Waals surface area contributed by atoms with Crippen LogP contribution in [0.1, 0.15) is 85.0 Å². The van der Waals surface area contributed by atoms with Gasteiger partial charge in [-0.15, -0.1) is 0 Å². The maximum atomic E-state index is 13.0. The Morgan fingerprint density at radius 3 is 2.60 bits per heavy atom. The lowest BCUT2D eigenvalue weighted by Crippen LogP contribution is -2.63. The van der Waals surface area contributed by atoms with Crippen LogP contribution in [0.4, 0.5) is 4.79 Å². The Morgan fingerprint density at radius 2 is 1.90 bits per heavy atom. The van der Waals surface area contributed by atoms with Gasteiger partial charge in [-0.25, -0.2) is 9.59 Å². The molecule has 42 heavy (non-hydrogen) atoms. The van der Waals surface area contributed by atoms with Gasteiger partial charge in [0.2, 0.25) is 0 Å². The minimum absolute atomic E-state index is 0.0384. The summed E-state index contributed by atoms with van der Waals surface area (Å²) in [5, 5.41) is 15.9.